The van der Waals surface area contributed by atoms with Crippen LogP contribution in [0.5, 0.6) is 11.5 Å². The predicted octanol–water partition coefficient (Wildman–Crippen LogP) is 1.78. The molecule has 3 rings (SSSR count). The van der Waals surface area contributed by atoms with Crippen molar-refractivity contribution < 1.29 is 28.6 Å². The molecule has 2 aliphatic heterocycles. The number of hydrogen-bond acceptors (Lipinski definition) is 6. The molecule has 0 aliphatic carbocycles. The number of halogens is 1. The van der Waals surface area contributed by atoms with Crippen molar-refractivity contribution in [2.45, 2.75) is 19.3 Å². The summed E-state index contributed by atoms with van der Waals surface area (Å²) in [6, 6.07) is 3.38. The molecule has 0 aromatic heterocycles. The van der Waals surface area contributed by atoms with Crippen molar-refractivity contribution in [3.63, 3.8) is 0 Å². The highest BCUT2D eigenvalue weighted by molar-refractivity contribution is 6.32. The lowest BCUT2D eigenvalue weighted by Crippen LogP contribution is -2.45. The van der Waals surface area contributed by atoms with Gasteiger partial charge in [0, 0.05) is 25.6 Å². The molecule has 1 aromatic rings. The molecule has 156 valence electrons. The van der Waals surface area contributed by atoms with Gasteiger partial charge in [-0.3, -0.25) is 9.59 Å². The molecule has 2 amide bonds. The summed E-state index contributed by atoms with van der Waals surface area (Å²) in [5, 5.41) is 0.390. The minimum Gasteiger partial charge on any atom is -0.489 e. The summed E-state index contributed by atoms with van der Waals surface area (Å²) in [5.74, 6) is -0.775. The number of likely N-dealkylation sites (tertiary alicyclic amines) is 1. The van der Waals surface area contributed by atoms with Crippen LogP contribution in [0.4, 0.5) is 0 Å². The van der Waals surface area contributed by atoms with Crippen molar-refractivity contribution >= 4 is 35.5 Å². The van der Waals surface area contributed by atoms with Crippen LogP contribution >= 0.6 is 11.6 Å². The van der Waals surface area contributed by atoms with Crippen molar-refractivity contribution in [3.05, 3.63) is 28.8 Å². The van der Waals surface area contributed by atoms with E-state index in [1.165, 1.54) is 17.1 Å². The maximum Gasteiger partial charge on any atom is 0.331 e. The number of primary amides is 1. The first-order valence-electron chi connectivity index (χ1n) is 9.45. The summed E-state index contributed by atoms with van der Waals surface area (Å²) >= 11 is 6.22. The average molecular weight is 423 g/mol. The third-order valence-corrected chi connectivity index (χ3v) is 5.03. The van der Waals surface area contributed by atoms with Gasteiger partial charge in [-0.2, -0.15) is 0 Å². The van der Waals surface area contributed by atoms with Crippen LogP contribution < -0.4 is 15.2 Å². The molecule has 0 spiro atoms. The lowest BCUT2D eigenvalue weighted by molar-refractivity contribution is -0.149. The van der Waals surface area contributed by atoms with Crippen LogP contribution in [0.3, 0.4) is 0 Å². The van der Waals surface area contributed by atoms with Gasteiger partial charge in [0.1, 0.15) is 0 Å². The van der Waals surface area contributed by atoms with E-state index >= 15 is 0 Å². The zero-order valence-electron chi connectivity index (χ0n) is 15.9. The van der Waals surface area contributed by atoms with Gasteiger partial charge in [0.2, 0.25) is 5.91 Å². The smallest absolute Gasteiger partial charge is 0.331 e. The highest BCUT2D eigenvalue weighted by Crippen LogP contribution is 2.38. The molecule has 0 saturated carbocycles. The van der Waals surface area contributed by atoms with Crippen molar-refractivity contribution in [2.75, 3.05) is 32.9 Å². The van der Waals surface area contributed by atoms with Crippen LogP contribution in [0.25, 0.3) is 6.08 Å². The second-order valence-corrected chi connectivity index (χ2v) is 7.31. The predicted molar refractivity (Wildman–Crippen MR) is 106 cm³/mol. The summed E-state index contributed by atoms with van der Waals surface area (Å²) < 4.78 is 16.2. The summed E-state index contributed by atoms with van der Waals surface area (Å²) in [7, 11) is 0. The molecule has 29 heavy (non-hydrogen) atoms. The number of amides is 2. The van der Waals surface area contributed by atoms with E-state index in [0.29, 0.717) is 54.7 Å². The number of nitrogens with zero attached hydrogens (tertiary/aromatic N) is 1. The van der Waals surface area contributed by atoms with Crippen LogP contribution in [-0.2, 0) is 19.1 Å². The summed E-state index contributed by atoms with van der Waals surface area (Å²) in [4.78, 5) is 37.0. The molecular formula is C20H23ClN2O6. The Morgan fingerprint density at radius 2 is 2.03 bits per heavy atom. The van der Waals surface area contributed by atoms with E-state index in [0.717, 1.165) is 6.42 Å². The van der Waals surface area contributed by atoms with E-state index in [2.05, 4.69) is 0 Å². The van der Waals surface area contributed by atoms with Gasteiger partial charge in [0.25, 0.3) is 5.91 Å². The number of ether oxygens (including phenoxy) is 3. The summed E-state index contributed by atoms with van der Waals surface area (Å²) in [6.07, 6.45) is 4.86. The molecule has 1 aromatic carbocycles. The quantitative estimate of drug-likeness (QED) is 0.572. The fourth-order valence-electron chi connectivity index (χ4n) is 3.22. The van der Waals surface area contributed by atoms with Gasteiger partial charge >= 0.3 is 5.97 Å². The number of nitrogens with two attached hydrogens (primary N) is 1. The molecule has 0 unspecified atom stereocenters. The van der Waals surface area contributed by atoms with Crippen LogP contribution in [0.1, 0.15) is 24.8 Å². The first-order valence-corrected chi connectivity index (χ1v) is 9.83. The van der Waals surface area contributed by atoms with Crippen molar-refractivity contribution in [1.29, 1.82) is 0 Å². The number of carbonyl (C=O) groups is 3. The highest BCUT2D eigenvalue weighted by atomic mass is 35.5. The molecule has 2 aliphatic rings. The Balaban J connectivity index is 1.53. The number of esters is 1. The van der Waals surface area contributed by atoms with Gasteiger partial charge in [-0.05, 0) is 36.6 Å². The van der Waals surface area contributed by atoms with Crippen LogP contribution in [0.2, 0.25) is 5.02 Å². The molecule has 2 heterocycles. The fraction of sp³-hybridized carbons (Fsp3) is 0.450. The third kappa shape index (κ3) is 5.63. The maximum absolute atomic E-state index is 12.2. The molecule has 1 fully saturated rings. The minimum absolute atomic E-state index is 0.261. The van der Waals surface area contributed by atoms with E-state index in [-0.39, 0.29) is 18.4 Å². The second-order valence-electron chi connectivity index (χ2n) is 6.90. The number of piperidine rings is 1. The van der Waals surface area contributed by atoms with Gasteiger partial charge in [-0.1, -0.05) is 11.6 Å². The zero-order chi connectivity index (χ0) is 20.8. The average Bonchev–Trinajstić information content (AvgIpc) is 2.96. The standard InChI is InChI=1S/C20H23ClN2O6/c21-15-9-13(10-16-19(15)28-8-2-7-27-16)4-5-18(25)29-12-17(24)23-6-1-3-14(11-23)20(22)26/h4-5,9-10,14H,1-3,6-8,11-12H2,(H2,22,26)/b5-4+/t14-/m1/s1. The highest BCUT2D eigenvalue weighted by Gasteiger charge is 2.27. The summed E-state index contributed by atoms with van der Waals surface area (Å²) in [6.45, 7) is 1.44. The van der Waals surface area contributed by atoms with Gasteiger partial charge in [0.15, 0.2) is 18.1 Å². The molecule has 8 nitrogen and oxygen atoms in total. The van der Waals surface area contributed by atoms with E-state index in [1.54, 1.807) is 12.1 Å². The second kappa shape index (κ2) is 9.65. The number of carbonyl (C=O) groups excluding carboxylic acids is 3. The molecule has 0 radical (unpaired) electrons. The topological polar surface area (TPSA) is 108 Å². The SMILES string of the molecule is NC(=O)[C@@H]1CCCN(C(=O)COC(=O)/C=C/c2cc(Cl)c3c(c2)OCCCO3)C1. The van der Waals surface area contributed by atoms with Crippen molar-refractivity contribution in [2.24, 2.45) is 11.7 Å². The Morgan fingerprint density at radius 1 is 1.24 bits per heavy atom. The lowest BCUT2D eigenvalue weighted by atomic mass is 9.97. The Bertz CT molecular complexity index is 825. The lowest BCUT2D eigenvalue weighted by Gasteiger charge is -2.30. The fourth-order valence-corrected chi connectivity index (χ4v) is 3.49. The van der Waals surface area contributed by atoms with Crippen LogP contribution in [0.15, 0.2) is 18.2 Å². The Morgan fingerprint density at radius 3 is 2.83 bits per heavy atom. The van der Waals surface area contributed by atoms with E-state index in [4.69, 9.17) is 31.5 Å². The largest absolute Gasteiger partial charge is 0.489 e. The number of hydrogen-bond donors (Lipinski definition) is 1. The first kappa shape index (κ1) is 21.0. The molecule has 0 bridgehead atoms. The van der Waals surface area contributed by atoms with Crippen LogP contribution in [-0.4, -0.2) is 55.6 Å². The van der Waals surface area contributed by atoms with E-state index in [9.17, 15) is 14.4 Å². The number of rotatable bonds is 5. The van der Waals surface area contributed by atoms with Gasteiger partial charge in [-0.15, -0.1) is 0 Å². The van der Waals surface area contributed by atoms with Crippen LogP contribution in [0, 0.1) is 5.92 Å². The normalized spacial score (nSPS) is 18.9. The number of fused-ring (bicyclic) bond motifs is 1. The molecule has 9 heteroatoms. The Kier molecular flexibility index (Phi) is 6.98. The maximum atomic E-state index is 12.2. The zero-order valence-corrected chi connectivity index (χ0v) is 16.7. The minimum atomic E-state index is -0.662. The van der Waals surface area contributed by atoms with E-state index in [1.807, 2.05) is 0 Å². The Labute approximate surface area is 173 Å². The van der Waals surface area contributed by atoms with Gasteiger partial charge in [-0.25, -0.2) is 4.79 Å². The first-order chi connectivity index (χ1) is 13.9. The monoisotopic (exact) mass is 422 g/mol. The molecular weight excluding hydrogens is 400 g/mol. The molecule has 1 atom stereocenters. The Hall–Kier alpha value is -2.74. The van der Waals surface area contributed by atoms with Gasteiger partial charge in [0.05, 0.1) is 24.2 Å². The molecule has 1 saturated heterocycles. The van der Waals surface area contributed by atoms with Gasteiger partial charge < -0.3 is 24.8 Å². The van der Waals surface area contributed by atoms with E-state index < -0.39 is 18.5 Å². The molecule has 2 N–H and O–H groups in total. The number of benzene rings is 1. The third-order valence-electron chi connectivity index (χ3n) is 4.75. The van der Waals surface area contributed by atoms with Crippen molar-refractivity contribution in [1.82, 2.24) is 4.90 Å². The van der Waals surface area contributed by atoms with Crippen molar-refractivity contribution in [3.8, 4) is 11.5 Å². The summed E-state index contributed by atoms with van der Waals surface area (Å²) in [5.41, 5.74) is 5.95.